The van der Waals surface area contributed by atoms with Crippen molar-refractivity contribution >= 4 is 5.82 Å². The molecular formula is C18H19N3. The van der Waals surface area contributed by atoms with Gasteiger partial charge in [0.1, 0.15) is 5.82 Å². The Morgan fingerprint density at radius 2 is 1.52 bits per heavy atom. The fourth-order valence-corrected chi connectivity index (χ4v) is 2.54. The van der Waals surface area contributed by atoms with E-state index >= 15 is 0 Å². The van der Waals surface area contributed by atoms with E-state index in [0.29, 0.717) is 5.82 Å². The first kappa shape index (κ1) is 13.4. The number of nitrogens with two attached hydrogens (primary N) is 1. The Kier molecular flexibility index (Phi) is 3.26. The Labute approximate surface area is 125 Å². The smallest absolute Gasteiger partial charge is 0.127 e. The minimum absolute atomic E-state index is 0.647. The van der Waals surface area contributed by atoms with Crippen molar-refractivity contribution in [2.45, 2.75) is 20.8 Å². The van der Waals surface area contributed by atoms with Crippen molar-refractivity contribution in [2.75, 3.05) is 5.73 Å². The molecule has 0 saturated heterocycles. The number of anilines is 1. The quantitative estimate of drug-likeness (QED) is 0.768. The molecule has 0 spiro atoms. The summed E-state index contributed by atoms with van der Waals surface area (Å²) in [6.07, 6.45) is 0. The van der Waals surface area contributed by atoms with Crippen LogP contribution in [-0.2, 0) is 0 Å². The molecule has 0 amide bonds. The lowest BCUT2D eigenvalue weighted by Gasteiger charge is -2.07. The Morgan fingerprint density at radius 1 is 0.857 bits per heavy atom. The first-order chi connectivity index (χ1) is 10.1. The van der Waals surface area contributed by atoms with Crippen LogP contribution in [0.5, 0.6) is 0 Å². The van der Waals surface area contributed by atoms with E-state index in [1.807, 2.05) is 36.4 Å². The summed E-state index contributed by atoms with van der Waals surface area (Å²) in [6.45, 7) is 6.36. The fraction of sp³-hybridized carbons (Fsp3) is 0.167. The number of nitrogens with zero attached hydrogens (tertiary/aromatic N) is 2. The van der Waals surface area contributed by atoms with Gasteiger partial charge in [0.05, 0.1) is 11.4 Å². The summed E-state index contributed by atoms with van der Waals surface area (Å²) < 4.78 is 1.78. The van der Waals surface area contributed by atoms with Gasteiger partial charge in [-0.3, -0.25) is 0 Å². The fourth-order valence-electron chi connectivity index (χ4n) is 2.54. The minimum atomic E-state index is 0.647. The van der Waals surface area contributed by atoms with Crippen LogP contribution in [0.3, 0.4) is 0 Å². The van der Waals surface area contributed by atoms with E-state index in [0.717, 1.165) is 16.9 Å². The van der Waals surface area contributed by atoms with E-state index in [1.165, 1.54) is 16.7 Å². The zero-order chi connectivity index (χ0) is 15.0. The number of nitrogen functional groups attached to an aromatic ring is 1. The van der Waals surface area contributed by atoms with Crippen molar-refractivity contribution in [3.8, 4) is 16.9 Å². The van der Waals surface area contributed by atoms with E-state index in [2.05, 4.69) is 38.0 Å². The molecule has 106 valence electrons. The molecular weight excluding hydrogens is 258 g/mol. The van der Waals surface area contributed by atoms with Gasteiger partial charge in [-0.05, 0) is 55.7 Å². The molecule has 1 aromatic heterocycles. The standard InChI is InChI=1S/C18H19N3/c1-12-9-14(3)16(10-13(12)2)17-11-18(19)21(20-17)15-7-5-4-6-8-15/h4-11H,19H2,1-3H3. The molecule has 3 rings (SSSR count). The highest BCUT2D eigenvalue weighted by atomic mass is 15.3. The van der Waals surface area contributed by atoms with E-state index in [-0.39, 0.29) is 0 Å². The highest BCUT2D eigenvalue weighted by Gasteiger charge is 2.11. The number of benzene rings is 2. The van der Waals surface area contributed by atoms with E-state index in [1.54, 1.807) is 4.68 Å². The van der Waals surface area contributed by atoms with Crippen molar-refractivity contribution in [1.82, 2.24) is 9.78 Å². The average molecular weight is 277 g/mol. The van der Waals surface area contributed by atoms with Gasteiger partial charge in [-0.15, -0.1) is 0 Å². The van der Waals surface area contributed by atoms with Crippen molar-refractivity contribution < 1.29 is 0 Å². The molecule has 0 aliphatic heterocycles. The predicted octanol–water partition coefficient (Wildman–Crippen LogP) is 4.05. The summed E-state index contributed by atoms with van der Waals surface area (Å²) in [5.41, 5.74) is 12.9. The Hall–Kier alpha value is -2.55. The Bertz CT molecular complexity index is 786. The molecule has 2 aromatic carbocycles. The van der Waals surface area contributed by atoms with Crippen molar-refractivity contribution in [2.24, 2.45) is 0 Å². The molecule has 0 atom stereocenters. The highest BCUT2D eigenvalue weighted by Crippen LogP contribution is 2.28. The van der Waals surface area contributed by atoms with Crippen LogP contribution in [0.2, 0.25) is 0 Å². The van der Waals surface area contributed by atoms with Crippen molar-refractivity contribution in [3.63, 3.8) is 0 Å². The summed E-state index contributed by atoms with van der Waals surface area (Å²) >= 11 is 0. The molecule has 0 aliphatic carbocycles. The zero-order valence-corrected chi connectivity index (χ0v) is 12.6. The molecule has 21 heavy (non-hydrogen) atoms. The maximum Gasteiger partial charge on any atom is 0.127 e. The third-order valence-electron chi connectivity index (χ3n) is 3.85. The van der Waals surface area contributed by atoms with Crippen LogP contribution in [0, 0.1) is 20.8 Å². The van der Waals surface area contributed by atoms with E-state index < -0.39 is 0 Å². The average Bonchev–Trinajstić information content (AvgIpc) is 2.85. The van der Waals surface area contributed by atoms with Gasteiger partial charge in [-0.1, -0.05) is 24.3 Å². The van der Waals surface area contributed by atoms with Crippen LogP contribution in [0.25, 0.3) is 16.9 Å². The molecule has 3 nitrogen and oxygen atoms in total. The van der Waals surface area contributed by atoms with Gasteiger partial charge < -0.3 is 5.73 Å². The van der Waals surface area contributed by atoms with Crippen LogP contribution in [0.15, 0.2) is 48.5 Å². The third-order valence-corrected chi connectivity index (χ3v) is 3.85. The number of hydrogen-bond donors (Lipinski definition) is 1. The van der Waals surface area contributed by atoms with Gasteiger partial charge in [0.2, 0.25) is 0 Å². The first-order valence-corrected chi connectivity index (χ1v) is 7.05. The lowest BCUT2D eigenvalue weighted by molar-refractivity contribution is 0.894. The van der Waals surface area contributed by atoms with Gasteiger partial charge in [0, 0.05) is 11.6 Å². The van der Waals surface area contributed by atoms with Crippen LogP contribution in [0.4, 0.5) is 5.82 Å². The normalized spacial score (nSPS) is 10.8. The lowest BCUT2D eigenvalue weighted by atomic mass is 9.99. The predicted molar refractivity (Wildman–Crippen MR) is 87.6 cm³/mol. The third kappa shape index (κ3) is 2.42. The summed E-state index contributed by atoms with van der Waals surface area (Å²) in [5, 5.41) is 4.67. The van der Waals surface area contributed by atoms with Crippen molar-refractivity contribution in [3.05, 3.63) is 65.2 Å². The molecule has 0 aliphatic rings. The number of para-hydroxylation sites is 1. The first-order valence-electron chi connectivity index (χ1n) is 7.05. The minimum Gasteiger partial charge on any atom is -0.384 e. The summed E-state index contributed by atoms with van der Waals surface area (Å²) in [5.74, 6) is 0.647. The van der Waals surface area contributed by atoms with Crippen LogP contribution in [-0.4, -0.2) is 9.78 Å². The van der Waals surface area contributed by atoms with Crippen LogP contribution >= 0.6 is 0 Å². The second-order valence-corrected chi connectivity index (χ2v) is 5.45. The number of aromatic nitrogens is 2. The summed E-state index contributed by atoms with van der Waals surface area (Å²) in [7, 11) is 0. The molecule has 3 heteroatoms. The number of hydrogen-bond acceptors (Lipinski definition) is 2. The maximum absolute atomic E-state index is 6.13. The molecule has 0 radical (unpaired) electrons. The Morgan fingerprint density at radius 3 is 2.24 bits per heavy atom. The SMILES string of the molecule is Cc1cc(C)c(-c2cc(N)n(-c3ccccc3)n2)cc1C. The molecule has 2 N–H and O–H groups in total. The second kappa shape index (κ2) is 5.09. The lowest BCUT2D eigenvalue weighted by Crippen LogP contribution is -2.01. The van der Waals surface area contributed by atoms with Crippen LogP contribution in [0.1, 0.15) is 16.7 Å². The molecule has 0 unspecified atom stereocenters. The maximum atomic E-state index is 6.13. The second-order valence-electron chi connectivity index (χ2n) is 5.45. The number of rotatable bonds is 2. The van der Waals surface area contributed by atoms with Gasteiger partial charge in [-0.25, -0.2) is 4.68 Å². The molecule has 0 bridgehead atoms. The Balaban J connectivity index is 2.12. The van der Waals surface area contributed by atoms with E-state index in [4.69, 9.17) is 5.73 Å². The van der Waals surface area contributed by atoms with Crippen LogP contribution < -0.4 is 5.73 Å². The van der Waals surface area contributed by atoms with Gasteiger partial charge in [0.15, 0.2) is 0 Å². The van der Waals surface area contributed by atoms with Gasteiger partial charge in [0.25, 0.3) is 0 Å². The number of aryl methyl sites for hydroxylation is 3. The largest absolute Gasteiger partial charge is 0.384 e. The molecule has 0 fully saturated rings. The van der Waals surface area contributed by atoms with E-state index in [9.17, 15) is 0 Å². The van der Waals surface area contributed by atoms with Gasteiger partial charge >= 0.3 is 0 Å². The molecule has 1 heterocycles. The van der Waals surface area contributed by atoms with Crippen molar-refractivity contribution in [1.29, 1.82) is 0 Å². The zero-order valence-electron chi connectivity index (χ0n) is 12.6. The molecule has 0 saturated carbocycles. The monoisotopic (exact) mass is 277 g/mol. The summed E-state index contributed by atoms with van der Waals surface area (Å²) in [4.78, 5) is 0. The highest BCUT2D eigenvalue weighted by molar-refractivity contribution is 5.68. The topological polar surface area (TPSA) is 43.8 Å². The van der Waals surface area contributed by atoms with Gasteiger partial charge in [-0.2, -0.15) is 5.10 Å². The summed E-state index contributed by atoms with van der Waals surface area (Å²) in [6, 6.07) is 16.3. The molecule has 3 aromatic rings.